The largest absolute Gasteiger partial charge is 0.399 e. The van der Waals surface area contributed by atoms with Gasteiger partial charge in [0.1, 0.15) is 0 Å². The monoisotopic (exact) mass is 298 g/mol. The molecule has 0 bridgehead atoms. The Morgan fingerprint density at radius 1 is 1.25 bits per heavy atom. The fourth-order valence-electron chi connectivity index (χ4n) is 2.08. The van der Waals surface area contributed by atoms with Crippen LogP contribution < -0.4 is 11.1 Å². The fourth-order valence-corrected chi connectivity index (χ4v) is 2.08. The molecular formula is C16H27ClN2O. The molecule has 0 aliphatic carbocycles. The van der Waals surface area contributed by atoms with Gasteiger partial charge in [-0.15, -0.1) is 12.4 Å². The number of unbranched alkanes of at least 4 members (excludes halogenated alkanes) is 1. The molecule has 0 spiro atoms. The lowest BCUT2D eigenvalue weighted by atomic mass is 9.99. The number of rotatable bonds is 8. The van der Waals surface area contributed by atoms with E-state index in [0.717, 1.165) is 24.2 Å². The van der Waals surface area contributed by atoms with E-state index in [4.69, 9.17) is 5.73 Å². The van der Waals surface area contributed by atoms with E-state index in [1.807, 2.05) is 24.3 Å². The van der Waals surface area contributed by atoms with Crippen LogP contribution >= 0.6 is 12.4 Å². The van der Waals surface area contributed by atoms with Crippen LogP contribution in [0.3, 0.4) is 0 Å². The second kappa shape index (κ2) is 10.6. The first kappa shape index (κ1) is 18.8. The predicted molar refractivity (Wildman–Crippen MR) is 88.1 cm³/mol. The van der Waals surface area contributed by atoms with Crippen molar-refractivity contribution in [3.05, 3.63) is 29.8 Å². The second-order valence-corrected chi connectivity index (χ2v) is 5.14. The topological polar surface area (TPSA) is 55.1 Å². The summed E-state index contributed by atoms with van der Waals surface area (Å²) >= 11 is 0. The van der Waals surface area contributed by atoms with E-state index in [-0.39, 0.29) is 18.3 Å². The SMILES string of the molecule is CCCCC(CC)CNC(=O)Cc1ccc(N)cc1.Cl. The summed E-state index contributed by atoms with van der Waals surface area (Å²) in [4.78, 5) is 11.8. The van der Waals surface area contributed by atoms with Gasteiger partial charge in [-0.2, -0.15) is 0 Å². The number of benzene rings is 1. The summed E-state index contributed by atoms with van der Waals surface area (Å²) in [5, 5.41) is 3.04. The Labute approximate surface area is 128 Å². The van der Waals surface area contributed by atoms with Crippen LogP contribution in [0.5, 0.6) is 0 Å². The first-order valence-electron chi connectivity index (χ1n) is 7.26. The van der Waals surface area contributed by atoms with Crippen molar-refractivity contribution in [2.45, 2.75) is 46.0 Å². The van der Waals surface area contributed by atoms with E-state index in [1.54, 1.807) is 0 Å². The number of carbonyl (C=O) groups excluding carboxylic acids is 1. The van der Waals surface area contributed by atoms with E-state index >= 15 is 0 Å². The number of halogens is 1. The molecule has 20 heavy (non-hydrogen) atoms. The van der Waals surface area contributed by atoms with Gasteiger partial charge >= 0.3 is 0 Å². The van der Waals surface area contributed by atoms with Crippen molar-refractivity contribution >= 4 is 24.0 Å². The van der Waals surface area contributed by atoms with Gasteiger partial charge in [-0.05, 0) is 30.0 Å². The van der Waals surface area contributed by atoms with Gasteiger partial charge in [-0.25, -0.2) is 0 Å². The molecule has 1 amide bonds. The molecule has 0 aromatic heterocycles. The molecule has 0 aliphatic rings. The lowest BCUT2D eigenvalue weighted by molar-refractivity contribution is -0.120. The summed E-state index contributed by atoms with van der Waals surface area (Å²) in [5.41, 5.74) is 7.36. The number of carbonyl (C=O) groups is 1. The molecular weight excluding hydrogens is 272 g/mol. The van der Waals surface area contributed by atoms with Gasteiger partial charge in [0.25, 0.3) is 0 Å². The van der Waals surface area contributed by atoms with Crippen molar-refractivity contribution in [3.63, 3.8) is 0 Å². The molecule has 1 atom stereocenters. The van der Waals surface area contributed by atoms with Crippen molar-refractivity contribution in [1.29, 1.82) is 0 Å². The number of anilines is 1. The van der Waals surface area contributed by atoms with Gasteiger partial charge in [0.05, 0.1) is 6.42 Å². The maximum atomic E-state index is 11.8. The molecule has 3 N–H and O–H groups in total. The van der Waals surface area contributed by atoms with Crippen molar-refractivity contribution in [2.75, 3.05) is 12.3 Å². The number of hydrogen-bond acceptors (Lipinski definition) is 2. The summed E-state index contributed by atoms with van der Waals surface area (Å²) in [6.45, 7) is 5.18. The first-order chi connectivity index (χ1) is 9.15. The number of nitrogens with one attached hydrogen (secondary N) is 1. The summed E-state index contributed by atoms with van der Waals surface area (Å²) in [7, 11) is 0. The lowest BCUT2D eigenvalue weighted by Crippen LogP contribution is -2.30. The van der Waals surface area contributed by atoms with Crippen molar-refractivity contribution in [1.82, 2.24) is 5.32 Å². The van der Waals surface area contributed by atoms with E-state index < -0.39 is 0 Å². The minimum absolute atomic E-state index is 0. The molecule has 0 heterocycles. The van der Waals surface area contributed by atoms with Gasteiger partial charge in [-0.3, -0.25) is 4.79 Å². The van der Waals surface area contributed by atoms with Gasteiger partial charge in [0, 0.05) is 12.2 Å². The second-order valence-electron chi connectivity index (χ2n) is 5.14. The zero-order valence-electron chi connectivity index (χ0n) is 12.5. The van der Waals surface area contributed by atoms with E-state index in [9.17, 15) is 4.79 Å². The molecule has 0 radical (unpaired) electrons. The normalized spacial score (nSPS) is 11.5. The van der Waals surface area contributed by atoms with Gasteiger partial charge in [-0.1, -0.05) is 45.2 Å². The van der Waals surface area contributed by atoms with Crippen molar-refractivity contribution in [3.8, 4) is 0 Å². The molecule has 4 heteroatoms. The maximum Gasteiger partial charge on any atom is 0.224 e. The Kier molecular flexibility index (Phi) is 9.91. The molecule has 0 fully saturated rings. The van der Waals surface area contributed by atoms with E-state index in [1.165, 1.54) is 19.3 Å². The zero-order valence-corrected chi connectivity index (χ0v) is 13.3. The van der Waals surface area contributed by atoms with E-state index in [2.05, 4.69) is 19.2 Å². The standard InChI is InChI=1S/C16H26N2O.ClH/c1-3-5-6-13(4-2)12-18-16(19)11-14-7-9-15(17)10-8-14;/h7-10,13H,3-6,11-12,17H2,1-2H3,(H,18,19);1H. The van der Waals surface area contributed by atoms with Crippen LogP contribution in [0.1, 0.15) is 45.1 Å². The highest BCUT2D eigenvalue weighted by molar-refractivity contribution is 5.85. The van der Waals surface area contributed by atoms with Crippen LogP contribution in [-0.2, 0) is 11.2 Å². The summed E-state index contributed by atoms with van der Waals surface area (Å²) in [5.74, 6) is 0.704. The third-order valence-corrected chi connectivity index (χ3v) is 3.48. The maximum absolute atomic E-state index is 11.8. The zero-order chi connectivity index (χ0) is 14.1. The minimum Gasteiger partial charge on any atom is -0.399 e. The summed E-state index contributed by atoms with van der Waals surface area (Å²) in [6, 6.07) is 7.48. The van der Waals surface area contributed by atoms with Crippen LogP contribution in [-0.4, -0.2) is 12.5 Å². The van der Waals surface area contributed by atoms with Crippen LogP contribution in [0, 0.1) is 5.92 Å². The predicted octanol–water partition coefficient (Wildman–Crippen LogP) is 3.57. The molecule has 1 unspecified atom stereocenters. The van der Waals surface area contributed by atoms with Crippen LogP contribution in [0.4, 0.5) is 5.69 Å². The van der Waals surface area contributed by atoms with Gasteiger partial charge in [0.15, 0.2) is 0 Å². The average Bonchev–Trinajstić information content (AvgIpc) is 2.42. The number of nitrogen functional groups attached to an aromatic ring is 1. The molecule has 1 aromatic rings. The molecule has 1 rings (SSSR count). The Balaban J connectivity index is 0.00000361. The van der Waals surface area contributed by atoms with Crippen LogP contribution in [0.25, 0.3) is 0 Å². The van der Waals surface area contributed by atoms with Crippen LogP contribution in [0.2, 0.25) is 0 Å². The molecule has 114 valence electrons. The molecule has 0 saturated heterocycles. The highest BCUT2D eigenvalue weighted by Gasteiger charge is 2.08. The van der Waals surface area contributed by atoms with Crippen LogP contribution in [0.15, 0.2) is 24.3 Å². The third-order valence-electron chi connectivity index (χ3n) is 3.48. The molecule has 1 aromatic carbocycles. The van der Waals surface area contributed by atoms with Crippen molar-refractivity contribution < 1.29 is 4.79 Å². The lowest BCUT2D eigenvalue weighted by Gasteiger charge is -2.15. The molecule has 3 nitrogen and oxygen atoms in total. The van der Waals surface area contributed by atoms with Gasteiger partial charge < -0.3 is 11.1 Å². The van der Waals surface area contributed by atoms with Gasteiger partial charge in [0.2, 0.25) is 5.91 Å². The smallest absolute Gasteiger partial charge is 0.224 e. The van der Waals surface area contributed by atoms with E-state index in [0.29, 0.717) is 12.3 Å². The molecule has 0 saturated carbocycles. The number of nitrogens with two attached hydrogens (primary N) is 1. The Morgan fingerprint density at radius 2 is 1.90 bits per heavy atom. The summed E-state index contributed by atoms with van der Waals surface area (Å²) in [6.07, 6.45) is 5.23. The Hall–Kier alpha value is -1.22. The first-order valence-corrected chi connectivity index (χ1v) is 7.26. The average molecular weight is 299 g/mol. The number of amides is 1. The Morgan fingerprint density at radius 3 is 2.45 bits per heavy atom. The summed E-state index contributed by atoms with van der Waals surface area (Å²) < 4.78 is 0. The van der Waals surface area contributed by atoms with Crippen molar-refractivity contribution in [2.24, 2.45) is 5.92 Å². The third kappa shape index (κ3) is 7.39. The highest BCUT2D eigenvalue weighted by atomic mass is 35.5. The Bertz CT molecular complexity index is 379. The quantitative estimate of drug-likeness (QED) is 0.721. The minimum atomic E-state index is 0. The highest BCUT2D eigenvalue weighted by Crippen LogP contribution is 2.11. The fraction of sp³-hybridized carbons (Fsp3) is 0.562. The number of hydrogen-bond donors (Lipinski definition) is 2. The molecule has 0 aliphatic heterocycles.